The van der Waals surface area contributed by atoms with Crippen LogP contribution in [0, 0.1) is 5.92 Å². The summed E-state index contributed by atoms with van der Waals surface area (Å²) >= 11 is 0. The van der Waals surface area contributed by atoms with Crippen molar-refractivity contribution in [2.45, 2.75) is 52.1 Å². The van der Waals surface area contributed by atoms with Crippen molar-refractivity contribution in [3.05, 3.63) is 41.4 Å². The Morgan fingerprint density at radius 3 is 2.79 bits per heavy atom. The SMILES string of the molecule is CC1=NC2=C(C(=O)CCC2)[C@H](c2cccnc2)C1C(=O)OC(C)C. The average molecular weight is 326 g/mol. The highest BCUT2D eigenvalue weighted by molar-refractivity contribution is 6.08. The molecule has 0 spiro atoms. The quantitative estimate of drug-likeness (QED) is 0.800. The number of nitrogens with zero attached hydrogens (tertiary/aromatic N) is 2. The van der Waals surface area contributed by atoms with Crippen LogP contribution in [-0.2, 0) is 14.3 Å². The van der Waals surface area contributed by atoms with E-state index in [2.05, 4.69) is 9.98 Å². The standard InChI is InChI=1S/C19H22N2O3/c1-11(2)24-19(23)16-12(3)21-14-7-4-8-15(22)18(14)17(16)13-6-5-9-20-10-13/h5-6,9-11,16-17H,4,7-8H2,1-3H3/t16?,17-/m1/s1. The van der Waals surface area contributed by atoms with E-state index in [-0.39, 0.29) is 23.8 Å². The normalized spacial score (nSPS) is 23.8. The molecule has 0 fully saturated rings. The van der Waals surface area contributed by atoms with E-state index in [9.17, 15) is 9.59 Å². The Morgan fingerprint density at radius 2 is 2.12 bits per heavy atom. The number of ether oxygens (including phenoxy) is 1. The molecule has 1 aromatic rings. The van der Waals surface area contributed by atoms with Crippen molar-refractivity contribution in [3.63, 3.8) is 0 Å². The van der Waals surface area contributed by atoms with Crippen molar-refractivity contribution in [2.75, 3.05) is 0 Å². The molecule has 5 heteroatoms. The number of aromatic nitrogens is 1. The average Bonchev–Trinajstić information content (AvgIpc) is 2.53. The molecule has 1 aliphatic heterocycles. The van der Waals surface area contributed by atoms with Crippen LogP contribution in [-0.4, -0.2) is 28.6 Å². The van der Waals surface area contributed by atoms with Crippen molar-refractivity contribution in [3.8, 4) is 0 Å². The molecule has 5 nitrogen and oxygen atoms in total. The maximum atomic E-state index is 12.7. The van der Waals surface area contributed by atoms with Gasteiger partial charge in [-0.15, -0.1) is 0 Å². The Bertz CT molecular complexity index is 719. The molecule has 3 rings (SSSR count). The van der Waals surface area contributed by atoms with Crippen molar-refractivity contribution < 1.29 is 14.3 Å². The predicted molar refractivity (Wildman–Crippen MR) is 90.7 cm³/mol. The topological polar surface area (TPSA) is 68.6 Å². The third-order valence-electron chi connectivity index (χ3n) is 4.48. The van der Waals surface area contributed by atoms with Crippen molar-refractivity contribution in [1.29, 1.82) is 0 Å². The van der Waals surface area contributed by atoms with Gasteiger partial charge >= 0.3 is 5.97 Å². The molecule has 1 aliphatic carbocycles. The second-order valence-electron chi connectivity index (χ2n) is 6.62. The highest BCUT2D eigenvalue weighted by Gasteiger charge is 2.43. The number of carbonyl (C=O) groups excluding carboxylic acids is 2. The molecule has 2 heterocycles. The fourth-order valence-corrected chi connectivity index (χ4v) is 3.54. The lowest BCUT2D eigenvalue weighted by atomic mass is 9.72. The van der Waals surface area contributed by atoms with Crippen LogP contribution >= 0.6 is 0 Å². The number of pyridine rings is 1. The molecule has 0 N–H and O–H groups in total. The molecule has 0 amide bonds. The van der Waals surface area contributed by atoms with Crippen molar-refractivity contribution in [1.82, 2.24) is 4.98 Å². The van der Waals surface area contributed by atoms with Gasteiger partial charge in [0.15, 0.2) is 5.78 Å². The van der Waals surface area contributed by atoms with Gasteiger partial charge in [0.1, 0.15) is 5.92 Å². The molecule has 0 radical (unpaired) electrons. The molecular weight excluding hydrogens is 304 g/mol. The van der Waals surface area contributed by atoms with Crippen molar-refractivity contribution in [2.24, 2.45) is 10.9 Å². The first-order valence-corrected chi connectivity index (χ1v) is 8.41. The molecule has 0 bridgehead atoms. The van der Waals surface area contributed by atoms with Gasteiger partial charge in [-0.05, 0) is 45.2 Å². The number of hydrogen-bond donors (Lipinski definition) is 0. The minimum absolute atomic E-state index is 0.0868. The summed E-state index contributed by atoms with van der Waals surface area (Å²) in [5, 5.41) is 0. The van der Waals surface area contributed by atoms with E-state index in [0.29, 0.717) is 17.7 Å². The van der Waals surface area contributed by atoms with Gasteiger partial charge < -0.3 is 4.74 Å². The summed E-state index contributed by atoms with van der Waals surface area (Å²) in [5.41, 5.74) is 3.07. The Labute approximate surface area is 141 Å². The zero-order chi connectivity index (χ0) is 17.3. The Balaban J connectivity index is 2.11. The number of ketones is 1. The minimum atomic E-state index is -0.572. The molecule has 1 unspecified atom stereocenters. The molecule has 2 atom stereocenters. The summed E-state index contributed by atoms with van der Waals surface area (Å²) in [6.45, 7) is 5.49. The van der Waals surface area contributed by atoms with Gasteiger partial charge in [0.25, 0.3) is 0 Å². The number of hydrogen-bond acceptors (Lipinski definition) is 5. The third-order valence-corrected chi connectivity index (χ3v) is 4.48. The van der Waals surface area contributed by atoms with Crippen LogP contribution in [0.2, 0.25) is 0 Å². The summed E-state index contributed by atoms with van der Waals surface area (Å²) in [6.07, 6.45) is 5.31. The highest BCUT2D eigenvalue weighted by Crippen LogP contribution is 2.43. The zero-order valence-corrected chi connectivity index (χ0v) is 14.3. The second-order valence-corrected chi connectivity index (χ2v) is 6.62. The first-order chi connectivity index (χ1) is 11.5. The van der Waals surface area contributed by atoms with Crippen LogP contribution in [0.5, 0.6) is 0 Å². The van der Waals surface area contributed by atoms with Crippen LogP contribution in [0.4, 0.5) is 0 Å². The summed E-state index contributed by atoms with van der Waals surface area (Å²) < 4.78 is 5.45. The molecule has 0 aromatic carbocycles. The highest BCUT2D eigenvalue weighted by atomic mass is 16.5. The largest absolute Gasteiger partial charge is 0.462 e. The summed E-state index contributed by atoms with van der Waals surface area (Å²) in [5.74, 6) is -1.17. The number of aliphatic imine (C=N–C) groups is 1. The first-order valence-electron chi connectivity index (χ1n) is 8.41. The number of Topliss-reactive ketones (excluding diaryl/α,β-unsaturated/α-hetero) is 1. The molecular formula is C19H22N2O3. The predicted octanol–water partition coefficient (Wildman–Crippen LogP) is 3.21. The fourth-order valence-electron chi connectivity index (χ4n) is 3.54. The summed E-state index contributed by atoms with van der Waals surface area (Å²) in [4.78, 5) is 34.1. The second kappa shape index (κ2) is 6.67. The lowest BCUT2D eigenvalue weighted by Crippen LogP contribution is -2.38. The molecule has 0 saturated carbocycles. The van der Waals surface area contributed by atoms with Crippen molar-refractivity contribution >= 4 is 17.5 Å². The van der Waals surface area contributed by atoms with Gasteiger partial charge in [0.2, 0.25) is 0 Å². The van der Waals surface area contributed by atoms with Gasteiger partial charge in [-0.3, -0.25) is 19.6 Å². The van der Waals surface area contributed by atoms with E-state index in [1.54, 1.807) is 12.4 Å². The number of esters is 1. The molecule has 24 heavy (non-hydrogen) atoms. The Hall–Kier alpha value is -2.30. The van der Waals surface area contributed by atoms with Gasteiger partial charge in [-0.2, -0.15) is 0 Å². The zero-order valence-electron chi connectivity index (χ0n) is 14.3. The minimum Gasteiger partial charge on any atom is -0.462 e. The van der Waals surface area contributed by atoms with Crippen LogP contribution in [0.15, 0.2) is 40.8 Å². The molecule has 0 saturated heterocycles. The lowest BCUT2D eigenvalue weighted by Gasteiger charge is -2.34. The number of rotatable bonds is 3. The van der Waals surface area contributed by atoms with E-state index < -0.39 is 5.92 Å². The van der Waals surface area contributed by atoms with Gasteiger partial charge in [0.05, 0.1) is 6.10 Å². The van der Waals surface area contributed by atoms with Crippen LogP contribution in [0.1, 0.15) is 51.5 Å². The number of carbonyl (C=O) groups is 2. The van der Waals surface area contributed by atoms with Crippen LogP contribution < -0.4 is 0 Å². The fraction of sp³-hybridized carbons (Fsp3) is 0.474. The lowest BCUT2D eigenvalue weighted by molar-refractivity contribution is -0.150. The van der Waals surface area contributed by atoms with Crippen LogP contribution in [0.25, 0.3) is 0 Å². The molecule has 1 aromatic heterocycles. The van der Waals surface area contributed by atoms with Gasteiger partial charge in [-0.1, -0.05) is 6.07 Å². The van der Waals surface area contributed by atoms with Gasteiger partial charge in [0, 0.05) is 41.7 Å². The smallest absolute Gasteiger partial charge is 0.315 e. The van der Waals surface area contributed by atoms with E-state index in [4.69, 9.17) is 4.74 Å². The first kappa shape index (κ1) is 16.6. The maximum Gasteiger partial charge on any atom is 0.315 e. The van der Waals surface area contributed by atoms with E-state index in [0.717, 1.165) is 24.1 Å². The summed E-state index contributed by atoms with van der Waals surface area (Å²) in [6, 6.07) is 3.74. The molecule has 126 valence electrons. The van der Waals surface area contributed by atoms with E-state index >= 15 is 0 Å². The van der Waals surface area contributed by atoms with Crippen LogP contribution in [0.3, 0.4) is 0 Å². The van der Waals surface area contributed by atoms with Gasteiger partial charge in [-0.25, -0.2) is 0 Å². The Morgan fingerprint density at radius 1 is 1.33 bits per heavy atom. The van der Waals surface area contributed by atoms with E-state index in [1.807, 2.05) is 32.9 Å². The third kappa shape index (κ3) is 3.03. The Kier molecular flexibility index (Phi) is 4.60. The maximum absolute atomic E-state index is 12.7. The molecule has 2 aliphatic rings. The van der Waals surface area contributed by atoms with E-state index in [1.165, 1.54) is 0 Å². The summed E-state index contributed by atoms with van der Waals surface area (Å²) in [7, 11) is 0. The monoisotopic (exact) mass is 326 g/mol. The number of allylic oxidation sites excluding steroid dienone is 2.